The minimum atomic E-state index is 0.0248. The first-order valence-electron chi connectivity index (χ1n) is 5.57. The van der Waals surface area contributed by atoms with E-state index < -0.39 is 0 Å². The molecule has 0 aliphatic carbocycles. The molecule has 3 aromatic rings. The monoisotopic (exact) mass is 227 g/mol. The van der Waals surface area contributed by atoms with Gasteiger partial charge in [-0.05, 0) is 11.6 Å². The molecule has 1 aromatic heterocycles. The van der Waals surface area contributed by atoms with Crippen molar-refractivity contribution in [2.45, 2.75) is 13.2 Å². The molecule has 1 heterocycles. The number of hydrogen-bond donors (Lipinski definition) is 3. The van der Waals surface area contributed by atoms with E-state index in [0.717, 1.165) is 32.9 Å². The Morgan fingerprint density at radius 1 is 0.941 bits per heavy atom. The van der Waals surface area contributed by atoms with E-state index in [-0.39, 0.29) is 13.2 Å². The van der Waals surface area contributed by atoms with E-state index in [1.807, 2.05) is 36.4 Å². The van der Waals surface area contributed by atoms with Gasteiger partial charge in [0.15, 0.2) is 0 Å². The average molecular weight is 227 g/mol. The molecule has 0 unspecified atom stereocenters. The lowest BCUT2D eigenvalue weighted by atomic mass is 10.1. The molecule has 0 atom stereocenters. The summed E-state index contributed by atoms with van der Waals surface area (Å²) in [5.74, 6) is 0. The number of aromatic amines is 1. The van der Waals surface area contributed by atoms with Gasteiger partial charge in [-0.15, -0.1) is 0 Å². The summed E-state index contributed by atoms with van der Waals surface area (Å²) in [6.07, 6.45) is 0. The lowest BCUT2D eigenvalue weighted by Crippen LogP contribution is -1.83. The standard InChI is InChI=1S/C14H13NO2/c16-7-9-4-5-11-12-3-1-2-10(8-17)14(12)15-13(11)6-9/h1-6,15-17H,7-8H2. The van der Waals surface area contributed by atoms with Gasteiger partial charge >= 0.3 is 0 Å². The highest BCUT2D eigenvalue weighted by molar-refractivity contribution is 6.08. The second-order valence-electron chi connectivity index (χ2n) is 4.16. The third-order valence-corrected chi connectivity index (χ3v) is 3.14. The molecule has 3 rings (SSSR count). The van der Waals surface area contributed by atoms with E-state index in [1.54, 1.807) is 0 Å². The molecule has 2 aromatic carbocycles. The van der Waals surface area contributed by atoms with Gasteiger partial charge in [-0.1, -0.05) is 30.3 Å². The summed E-state index contributed by atoms with van der Waals surface area (Å²) in [5.41, 5.74) is 3.74. The number of hydrogen-bond acceptors (Lipinski definition) is 2. The van der Waals surface area contributed by atoms with Crippen molar-refractivity contribution in [1.29, 1.82) is 0 Å². The Morgan fingerprint density at radius 2 is 1.82 bits per heavy atom. The molecule has 0 bridgehead atoms. The van der Waals surface area contributed by atoms with Crippen LogP contribution in [0.2, 0.25) is 0 Å². The largest absolute Gasteiger partial charge is 0.392 e. The van der Waals surface area contributed by atoms with Crippen molar-refractivity contribution >= 4 is 21.8 Å². The quantitative estimate of drug-likeness (QED) is 0.629. The summed E-state index contributed by atoms with van der Waals surface area (Å²) < 4.78 is 0. The maximum Gasteiger partial charge on any atom is 0.0702 e. The molecular formula is C14H13NO2. The summed E-state index contributed by atoms with van der Waals surface area (Å²) in [6.45, 7) is 0.0647. The normalized spacial score (nSPS) is 11.4. The molecule has 86 valence electrons. The molecule has 0 saturated carbocycles. The van der Waals surface area contributed by atoms with Crippen molar-refractivity contribution in [3.8, 4) is 0 Å². The van der Waals surface area contributed by atoms with Crippen LogP contribution < -0.4 is 0 Å². The van der Waals surface area contributed by atoms with Crippen molar-refractivity contribution in [3.63, 3.8) is 0 Å². The molecule has 0 radical (unpaired) electrons. The van der Waals surface area contributed by atoms with Crippen LogP contribution in [-0.2, 0) is 13.2 Å². The van der Waals surface area contributed by atoms with Crippen molar-refractivity contribution < 1.29 is 10.2 Å². The number of nitrogens with one attached hydrogen (secondary N) is 1. The second kappa shape index (κ2) is 3.87. The van der Waals surface area contributed by atoms with Crippen molar-refractivity contribution in [2.75, 3.05) is 0 Å². The summed E-state index contributed by atoms with van der Waals surface area (Å²) in [4.78, 5) is 3.30. The molecule has 3 N–H and O–H groups in total. The zero-order valence-electron chi connectivity index (χ0n) is 9.27. The minimum absolute atomic E-state index is 0.0248. The van der Waals surface area contributed by atoms with Crippen LogP contribution in [0, 0.1) is 0 Å². The highest BCUT2D eigenvalue weighted by atomic mass is 16.3. The maximum absolute atomic E-state index is 9.30. The van der Waals surface area contributed by atoms with Crippen LogP contribution >= 0.6 is 0 Å². The third kappa shape index (κ3) is 1.52. The van der Waals surface area contributed by atoms with E-state index in [4.69, 9.17) is 5.11 Å². The molecule has 3 heteroatoms. The Morgan fingerprint density at radius 3 is 2.59 bits per heavy atom. The Bertz CT molecular complexity index is 685. The Kier molecular flexibility index (Phi) is 2.35. The van der Waals surface area contributed by atoms with Gasteiger partial charge in [0.2, 0.25) is 0 Å². The van der Waals surface area contributed by atoms with Gasteiger partial charge in [0.25, 0.3) is 0 Å². The van der Waals surface area contributed by atoms with Gasteiger partial charge in [0.05, 0.1) is 18.7 Å². The molecule has 0 aliphatic rings. The van der Waals surface area contributed by atoms with E-state index in [0.29, 0.717) is 0 Å². The fourth-order valence-corrected chi connectivity index (χ4v) is 2.27. The van der Waals surface area contributed by atoms with Gasteiger partial charge in [-0.3, -0.25) is 0 Å². The van der Waals surface area contributed by atoms with Crippen LogP contribution in [0.5, 0.6) is 0 Å². The average Bonchev–Trinajstić information content (AvgIpc) is 2.75. The highest BCUT2D eigenvalue weighted by Gasteiger charge is 2.07. The third-order valence-electron chi connectivity index (χ3n) is 3.14. The summed E-state index contributed by atoms with van der Waals surface area (Å²) in [7, 11) is 0. The highest BCUT2D eigenvalue weighted by Crippen LogP contribution is 2.28. The van der Waals surface area contributed by atoms with E-state index in [2.05, 4.69) is 4.98 Å². The molecular weight excluding hydrogens is 214 g/mol. The predicted octanol–water partition coefficient (Wildman–Crippen LogP) is 2.31. The first-order chi connectivity index (χ1) is 8.33. The van der Waals surface area contributed by atoms with E-state index in [9.17, 15) is 5.11 Å². The number of aromatic nitrogens is 1. The minimum Gasteiger partial charge on any atom is -0.392 e. The number of fused-ring (bicyclic) bond motifs is 3. The van der Waals surface area contributed by atoms with Gasteiger partial charge in [0, 0.05) is 21.9 Å². The zero-order chi connectivity index (χ0) is 11.8. The van der Waals surface area contributed by atoms with Crippen molar-refractivity contribution in [2.24, 2.45) is 0 Å². The lowest BCUT2D eigenvalue weighted by molar-refractivity contribution is 0.282. The molecule has 0 aliphatic heterocycles. The predicted molar refractivity (Wildman–Crippen MR) is 67.7 cm³/mol. The van der Waals surface area contributed by atoms with Gasteiger partial charge in [-0.2, -0.15) is 0 Å². The first-order valence-corrected chi connectivity index (χ1v) is 5.57. The van der Waals surface area contributed by atoms with E-state index >= 15 is 0 Å². The van der Waals surface area contributed by atoms with Gasteiger partial charge in [0.1, 0.15) is 0 Å². The number of rotatable bonds is 2. The van der Waals surface area contributed by atoms with Gasteiger partial charge in [-0.25, -0.2) is 0 Å². The molecule has 3 nitrogen and oxygen atoms in total. The number of H-pyrrole nitrogens is 1. The number of aliphatic hydroxyl groups excluding tert-OH is 2. The maximum atomic E-state index is 9.30. The zero-order valence-corrected chi connectivity index (χ0v) is 9.27. The number of aliphatic hydroxyl groups is 2. The molecule has 0 amide bonds. The summed E-state index contributed by atoms with van der Waals surface area (Å²) in [5, 5.41) is 20.6. The molecule has 0 spiro atoms. The van der Waals surface area contributed by atoms with Crippen LogP contribution in [0.3, 0.4) is 0 Å². The molecule has 0 saturated heterocycles. The second-order valence-corrected chi connectivity index (χ2v) is 4.16. The fourth-order valence-electron chi connectivity index (χ4n) is 2.27. The number of benzene rings is 2. The van der Waals surface area contributed by atoms with E-state index in [1.165, 1.54) is 0 Å². The van der Waals surface area contributed by atoms with Crippen LogP contribution in [0.25, 0.3) is 21.8 Å². The SMILES string of the molecule is OCc1ccc2c(c1)[nH]c1c(CO)cccc12. The lowest BCUT2D eigenvalue weighted by Gasteiger charge is -1.97. The summed E-state index contributed by atoms with van der Waals surface area (Å²) in [6, 6.07) is 11.7. The van der Waals surface area contributed by atoms with Crippen molar-refractivity contribution in [3.05, 3.63) is 47.5 Å². The Hall–Kier alpha value is -1.84. The molecule has 0 fully saturated rings. The smallest absolute Gasteiger partial charge is 0.0702 e. The first kappa shape index (κ1) is 10.3. The van der Waals surface area contributed by atoms with Crippen LogP contribution in [0.15, 0.2) is 36.4 Å². The number of para-hydroxylation sites is 1. The Labute approximate surface area is 98.3 Å². The molecule has 17 heavy (non-hydrogen) atoms. The van der Waals surface area contributed by atoms with Crippen LogP contribution in [-0.4, -0.2) is 15.2 Å². The van der Waals surface area contributed by atoms with Crippen LogP contribution in [0.4, 0.5) is 0 Å². The van der Waals surface area contributed by atoms with Gasteiger partial charge < -0.3 is 15.2 Å². The van der Waals surface area contributed by atoms with Crippen molar-refractivity contribution in [1.82, 2.24) is 4.98 Å². The van der Waals surface area contributed by atoms with Crippen LogP contribution in [0.1, 0.15) is 11.1 Å². The summed E-state index contributed by atoms with van der Waals surface area (Å²) >= 11 is 0. The Balaban J connectivity index is 2.40. The topological polar surface area (TPSA) is 56.2 Å². The fraction of sp³-hybridized carbons (Fsp3) is 0.143.